The third-order valence-corrected chi connectivity index (χ3v) is 6.91. The minimum Gasteiger partial charge on any atom is -0.347 e. The Morgan fingerprint density at radius 3 is 2.46 bits per heavy atom. The van der Waals surface area contributed by atoms with Gasteiger partial charge >= 0.3 is 0 Å². The molecule has 0 bridgehead atoms. The van der Waals surface area contributed by atoms with E-state index in [1.165, 1.54) is 6.42 Å². The molecule has 1 saturated heterocycles. The molecule has 1 aromatic heterocycles. The van der Waals surface area contributed by atoms with Crippen LogP contribution >= 0.6 is 0 Å². The molecular weight excluding hydrogens is 330 g/mol. The molecular formula is C19H27N5O2. The molecule has 0 radical (unpaired) electrons. The second-order valence-corrected chi connectivity index (χ2v) is 8.73. The summed E-state index contributed by atoms with van der Waals surface area (Å²) in [7, 11) is 0. The maximum Gasteiger partial charge on any atom is 0.289 e. The monoisotopic (exact) mass is 357 g/mol. The van der Waals surface area contributed by atoms with Crippen molar-refractivity contribution < 1.29 is 9.59 Å². The highest BCUT2D eigenvalue weighted by Crippen LogP contribution is 2.42. The summed E-state index contributed by atoms with van der Waals surface area (Å²) in [5.41, 5.74) is 0.182. The maximum atomic E-state index is 12.6. The molecule has 2 aliphatic heterocycles. The molecule has 2 amide bonds. The fourth-order valence-corrected chi connectivity index (χ4v) is 4.65. The smallest absolute Gasteiger partial charge is 0.289 e. The Bertz CT molecular complexity index is 726. The van der Waals surface area contributed by atoms with Gasteiger partial charge in [0.1, 0.15) is 5.82 Å². The zero-order valence-electron chi connectivity index (χ0n) is 15.2. The van der Waals surface area contributed by atoms with Crippen LogP contribution in [0.2, 0.25) is 0 Å². The Morgan fingerprint density at radius 2 is 1.81 bits per heavy atom. The number of carbonyl (C=O) groups is 2. The van der Waals surface area contributed by atoms with Crippen LogP contribution < -0.4 is 5.32 Å². The summed E-state index contributed by atoms with van der Waals surface area (Å²) >= 11 is 0. The highest BCUT2D eigenvalue weighted by atomic mass is 16.2. The van der Waals surface area contributed by atoms with Crippen molar-refractivity contribution in [2.24, 2.45) is 11.3 Å². The Balaban J connectivity index is 1.28. The van der Waals surface area contributed by atoms with Crippen LogP contribution in [-0.4, -0.2) is 50.6 Å². The van der Waals surface area contributed by atoms with Gasteiger partial charge < -0.3 is 14.8 Å². The number of nitrogens with one attached hydrogen (secondary N) is 1. The molecule has 3 heterocycles. The van der Waals surface area contributed by atoms with Crippen molar-refractivity contribution in [1.29, 1.82) is 0 Å². The third-order valence-electron chi connectivity index (χ3n) is 6.91. The molecule has 140 valence electrons. The summed E-state index contributed by atoms with van der Waals surface area (Å²) in [6.07, 6.45) is 9.49. The summed E-state index contributed by atoms with van der Waals surface area (Å²) in [5.74, 6) is 2.00. The van der Waals surface area contributed by atoms with Crippen molar-refractivity contribution in [3.63, 3.8) is 0 Å². The number of nitrogens with zero attached hydrogens (tertiary/aromatic N) is 4. The van der Waals surface area contributed by atoms with Gasteiger partial charge in [-0.1, -0.05) is 0 Å². The van der Waals surface area contributed by atoms with E-state index >= 15 is 0 Å². The highest BCUT2D eigenvalue weighted by molar-refractivity contribution is 5.91. The number of amides is 2. The summed E-state index contributed by atoms with van der Waals surface area (Å²) in [6.45, 7) is 2.53. The number of piperidine rings is 1. The first-order chi connectivity index (χ1) is 12.6. The number of aromatic nitrogens is 3. The molecule has 3 fully saturated rings. The van der Waals surface area contributed by atoms with E-state index < -0.39 is 0 Å². The molecule has 7 nitrogen and oxygen atoms in total. The predicted molar refractivity (Wildman–Crippen MR) is 94.4 cm³/mol. The van der Waals surface area contributed by atoms with Gasteiger partial charge in [-0.05, 0) is 56.8 Å². The number of fused-ring (bicyclic) bond motifs is 1. The molecule has 0 unspecified atom stereocenters. The number of hydrogen-bond acceptors (Lipinski definition) is 4. The van der Waals surface area contributed by atoms with Crippen LogP contribution in [0.25, 0.3) is 0 Å². The number of aryl methyl sites for hydroxylation is 1. The first-order valence-corrected chi connectivity index (χ1v) is 10.2. The topological polar surface area (TPSA) is 80.1 Å². The molecule has 0 aromatic carbocycles. The quantitative estimate of drug-likeness (QED) is 0.889. The van der Waals surface area contributed by atoms with Gasteiger partial charge in [-0.3, -0.25) is 9.59 Å². The average molecular weight is 357 g/mol. The van der Waals surface area contributed by atoms with Gasteiger partial charge in [0.05, 0.1) is 0 Å². The molecule has 1 N–H and O–H groups in total. The van der Waals surface area contributed by atoms with Crippen LogP contribution in [-0.2, 0) is 17.8 Å². The molecule has 2 aliphatic carbocycles. The Morgan fingerprint density at radius 1 is 1.04 bits per heavy atom. The zero-order chi connectivity index (χ0) is 17.7. The Kier molecular flexibility index (Phi) is 3.79. The van der Waals surface area contributed by atoms with Gasteiger partial charge in [0.15, 0.2) is 0 Å². The lowest BCUT2D eigenvalue weighted by atomic mass is 9.73. The second-order valence-electron chi connectivity index (χ2n) is 8.73. The van der Waals surface area contributed by atoms with Crippen LogP contribution in [0.5, 0.6) is 0 Å². The molecule has 1 aromatic rings. The van der Waals surface area contributed by atoms with Crippen molar-refractivity contribution in [1.82, 2.24) is 25.0 Å². The molecule has 0 atom stereocenters. The predicted octanol–water partition coefficient (Wildman–Crippen LogP) is 1.53. The fraction of sp³-hybridized carbons (Fsp3) is 0.789. The van der Waals surface area contributed by atoms with Crippen LogP contribution in [0.15, 0.2) is 0 Å². The number of likely N-dealkylation sites (tertiary alicyclic amines) is 1. The largest absolute Gasteiger partial charge is 0.347 e. The normalized spacial score (nSPS) is 24.8. The third kappa shape index (κ3) is 2.81. The highest BCUT2D eigenvalue weighted by Gasteiger charge is 2.42. The standard InChI is InChI=1S/C19H27N5O2/c25-17(20-14-2-1-3-14)16-22-21-15-6-7-19(12-24(15)16)8-10-23(11-9-19)18(26)13-4-5-13/h13-14H,1-12H2,(H,20,25). The molecule has 5 rings (SSSR count). The first kappa shape index (κ1) is 16.3. The van der Waals surface area contributed by atoms with Crippen molar-refractivity contribution in [2.45, 2.75) is 70.4 Å². The van der Waals surface area contributed by atoms with Crippen LogP contribution in [0.1, 0.15) is 67.8 Å². The molecule has 26 heavy (non-hydrogen) atoms. The summed E-state index contributed by atoms with van der Waals surface area (Å²) in [5, 5.41) is 11.6. The van der Waals surface area contributed by atoms with E-state index in [1.54, 1.807) is 0 Å². The molecule has 1 spiro atoms. The SMILES string of the molecule is O=C(NC1CCC1)c1nnc2n1CC1(CC2)CCN(C(=O)C2CC2)CC1. The van der Waals surface area contributed by atoms with Gasteiger partial charge in [0.2, 0.25) is 11.7 Å². The van der Waals surface area contributed by atoms with Crippen LogP contribution in [0.4, 0.5) is 0 Å². The summed E-state index contributed by atoms with van der Waals surface area (Å²) < 4.78 is 2.05. The first-order valence-electron chi connectivity index (χ1n) is 10.2. The van der Waals surface area contributed by atoms with Crippen LogP contribution in [0, 0.1) is 11.3 Å². The van der Waals surface area contributed by atoms with Crippen molar-refractivity contribution in [3.05, 3.63) is 11.6 Å². The van der Waals surface area contributed by atoms with E-state index in [0.29, 0.717) is 23.7 Å². The number of rotatable bonds is 3. The fourth-order valence-electron chi connectivity index (χ4n) is 4.65. The van der Waals surface area contributed by atoms with Gasteiger partial charge in [-0.15, -0.1) is 10.2 Å². The van der Waals surface area contributed by atoms with Gasteiger partial charge in [-0.2, -0.15) is 0 Å². The second kappa shape index (κ2) is 6.06. The number of carbonyl (C=O) groups excluding carboxylic acids is 2. The van der Waals surface area contributed by atoms with E-state index in [0.717, 1.165) is 76.8 Å². The van der Waals surface area contributed by atoms with Gasteiger partial charge in [0.25, 0.3) is 5.91 Å². The van der Waals surface area contributed by atoms with Gasteiger partial charge in [0, 0.05) is 38.0 Å². The maximum absolute atomic E-state index is 12.6. The van der Waals surface area contributed by atoms with Crippen molar-refractivity contribution in [3.8, 4) is 0 Å². The van der Waals surface area contributed by atoms with E-state index in [4.69, 9.17) is 0 Å². The number of hydrogen-bond donors (Lipinski definition) is 1. The van der Waals surface area contributed by atoms with E-state index in [-0.39, 0.29) is 11.3 Å². The average Bonchev–Trinajstić information content (AvgIpc) is 3.38. The minimum atomic E-state index is -0.0770. The summed E-state index contributed by atoms with van der Waals surface area (Å²) in [6, 6.07) is 0.310. The summed E-state index contributed by atoms with van der Waals surface area (Å²) in [4.78, 5) is 27.0. The Labute approximate surface area is 153 Å². The van der Waals surface area contributed by atoms with Crippen molar-refractivity contribution in [2.75, 3.05) is 13.1 Å². The molecule has 7 heteroatoms. The lowest BCUT2D eigenvalue weighted by Gasteiger charge is -2.44. The van der Waals surface area contributed by atoms with Crippen LogP contribution in [0.3, 0.4) is 0 Å². The lowest BCUT2D eigenvalue weighted by molar-refractivity contribution is -0.135. The van der Waals surface area contributed by atoms with E-state index in [2.05, 4.69) is 25.0 Å². The Hall–Kier alpha value is -1.92. The lowest BCUT2D eigenvalue weighted by Crippen LogP contribution is -2.47. The minimum absolute atomic E-state index is 0.0770. The van der Waals surface area contributed by atoms with E-state index in [9.17, 15) is 9.59 Å². The van der Waals surface area contributed by atoms with E-state index in [1.807, 2.05) is 0 Å². The zero-order valence-corrected chi connectivity index (χ0v) is 15.2. The van der Waals surface area contributed by atoms with Gasteiger partial charge in [-0.25, -0.2) is 0 Å². The molecule has 4 aliphatic rings. The van der Waals surface area contributed by atoms with Crippen molar-refractivity contribution >= 4 is 11.8 Å². The molecule has 2 saturated carbocycles.